The van der Waals surface area contributed by atoms with E-state index in [0.717, 1.165) is 28.0 Å². The molecule has 2 heterocycles. The molecule has 0 radical (unpaired) electrons. The maximum absolute atomic E-state index is 4.50. The van der Waals surface area contributed by atoms with Crippen molar-refractivity contribution in [3.63, 3.8) is 0 Å². The van der Waals surface area contributed by atoms with Crippen LogP contribution in [0, 0.1) is 6.92 Å². The van der Waals surface area contributed by atoms with Crippen molar-refractivity contribution in [1.29, 1.82) is 0 Å². The number of aryl methyl sites for hydroxylation is 1. The van der Waals surface area contributed by atoms with Crippen molar-refractivity contribution in [2.75, 3.05) is 0 Å². The number of benzene rings is 1. The van der Waals surface area contributed by atoms with E-state index in [1.807, 2.05) is 37.3 Å². The van der Waals surface area contributed by atoms with E-state index in [1.54, 1.807) is 18.0 Å². The van der Waals surface area contributed by atoms with Gasteiger partial charge in [-0.15, -0.1) is 11.8 Å². The predicted molar refractivity (Wildman–Crippen MR) is 86.0 cm³/mol. The Hall–Kier alpha value is -2.20. The van der Waals surface area contributed by atoms with Gasteiger partial charge in [-0.25, -0.2) is 9.97 Å². The van der Waals surface area contributed by atoms with Crippen LogP contribution in [0.4, 0.5) is 0 Å². The van der Waals surface area contributed by atoms with Crippen LogP contribution in [0.15, 0.2) is 65.8 Å². The lowest BCUT2D eigenvalue weighted by Crippen LogP contribution is -1.95. The van der Waals surface area contributed by atoms with Gasteiger partial charge < -0.3 is 0 Å². The van der Waals surface area contributed by atoms with Gasteiger partial charge in [0.2, 0.25) is 0 Å². The number of nitrogens with zero attached hydrogens (tertiary/aromatic N) is 3. The summed E-state index contributed by atoms with van der Waals surface area (Å²) < 4.78 is 0. The zero-order valence-corrected chi connectivity index (χ0v) is 12.5. The molecule has 3 aromatic rings. The third-order valence-electron chi connectivity index (χ3n) is 2.97. The first-order valence-corrected chi connectivity index (χ1v) is 7.73. The number of aromatic nitrogens is 3. The number of thioether (sulfide) groups is 1. The van der Waals surface area contributed by atoms with Crippen LogP contribution in [0.3, 0.4) is 0 Å². The molecule has 2 aromatic heterocycles. The summed E-state index contributed by atoms with van der Waals surface area (Å²) in [6, 6.07) is 18.2. The van der Waals surface area contributed by atoms with Gasteiger partial charge in [-0.05, 0) is 30.7 Å². The van der Waals surface area contributed by atoms with E-state index in [0.29, 0.717) is 0 Å². The molecule has 0 spiro atoms. The largest absolute Gasteiger partial charge is 0.255 e. The minimum atomic E-state index is 0.772. The molecule has 0 saturated carbocycles. The second kappa shape index (κ2) is 6.50. The Morgan fingerprint density at radius 2 is 1.71 bits per heavy atom. The molecule has 0 N–H and O–H groups in total. The average molecular weight is 293 g/mol. The Balaban J connectivity index is 1.82. The lowest BCUT2D eigenvalue weighted by atomic mass is 10.2. The summed E-state index contributed by atoms with van der Waals surface area (Å²) in [5, 5.41) is 0.979. The molecule has 104 valence electrons. The summed E-state index contributed by atoms with van der Waals surface area (Å²) in [5.41, 5.74) is 3.04. The van der Waals surface area contributed by atoms with Gasteiger partial charge in [-0.2, -0.15) is 0 Å². The predicted octanol–water partition coefficient (Wildman–Crippen LogP) is 4.14. The maximum Gasteiger partial charge on any atom is 0.127 e. The van der Waals surface area contributed by atoms with Crippen LogP contribution in [-0.2, 0) is 5.75 Å². The van der Waals surface area contributed by atoms with Crippen LogP contribution in [0.25, 0.3) is 11.4 Å². The molecule has 0 atom stereocenters. The van der Waals surface area contributed by atoms with Crippen molar-refractivity contribution in [3.05, 3.63) is 72.2 Å². The minimum absolute atomic E-state index is 0.772. The van der Waals surface area contributed by atoms with Gasteiger partial charge in [-0.3, -0.25) is 4.98 Å². The zero-order chi connectivity index (χ0) is 14.5. The van der Waals surface area contributed by atoms with Crippen molar-refractivity contribution < 1.29 is 0 Å². The Bertz CT molecular complexity index is 715. The van der Waals surface area contributed by atoms with Crippen molar-refractivity contribution in [2.24, 2.45) is 0 Å². The monoisotopic (exact) mass is 293 g/mol. The summed E-state index contributed by atoms with van der Waals surface area (Å²) in [4.78, 5) is 13.3. The Labute approximate surface area is 128 Å². The van der Waals surface area contributed by atoms with Crippen LogP contribution in [-0.4, -0.2) is 15.0 Å². The van der Waals surface area contributed by atoms with Gasteiger partial charge in [0.05, 0.1) is 11.4 Å². The standard InChI is InChI=1S/C17H15N3S/c1-13-19-16(15-9-5-6-10-18-15)11-17(20-13)21-12-14-7-3-2-4-8-14/h2-11H,12H2,1H3. The minimum Gasteiger partial charge on any atom is -0.255 e. The number of pyridine rings is 1. The molecule has 0 saturated heterocycles. The van der Waals surface area contributed by atoms with E-state index in [9.17, 15) is 0 Å². The molecule has 0 aliphatic carbocycles. The Morgan fingerprint density at radius 3 is 2.48 bits per heavy atom. The summed E-state index contributed by atoms with van der Waals surface area (Å²) in [6.45, 7) is 1.92. The third kappa shape index (κ3) is 3.67. The Kier molecular flexibility index (Phi) is 4.26. The lowest BCUT2D eigenvalue weighted by molar-refractivity contribution is 0.968. The normalized spacial score (nSPS) is 10.5. The van der Waals surface area contributed by atoms with Crippen LogP contribution >= 0.6 is 11.8 Å². The van der Waals surface area contributed by atoms with E-state index in [1.165, 1.54) is 5.56 Å². The van der Waals surface area contributed by atoms with E-state index in [-0.39, 0.29) is 0 Å². The van der Waals surface area contributed by atoms with Gasteiger partial charge >= 0.3 is 0 Å². The van der Waals surface area contributed by atoms with Crippen molar-refractivity contribution >= 4 is 11.8 Å². The molecule has 0 amide bonds. The quantitative estimate of drug-likeness (QED) is 0.535. The molecule has 0 unspecified atom stereocenters. The lowest BCUT2D eigenvalue weighted by Gasteiger charge is -2.05. The molecule has 0 aliphatic rings. The third-order valence-corrected chi connectivity index (χ3v) is 3.95. The molecule has 0 aliphatic heterocycles. The molecule has 0 fully saturated rings. The van der Waals surface area contributed by atoms with Gasteiger partial charge in [0.25, 0.3) is 0 Å². The summed E-state index contributed by atoms with van der Waals surface area (Å²) in [5.74, 6) is 1.67. The van der Waals surface area contributed by atoms with Crippen LogP contribution in [0.2, 0.25) is 0 Å². The van der Waals surface area contributed by atoms with Crippen molar-refractivity contribution in [3.8, 4) is 11.4 Å². The molecule has 3 rings (SSSR count). The second-order valence-electron chi connectivity index (χ2n) is 4.63. The highest BCUT2D eigenvalue weighted by Gasteiger charge is 2.06. The zero-order valence-electron chi connectivity index (χ0n) is 11.7. The SMILES string of the molecule is Cc1nc(SCc2ccccc2)cc(-c2ccccn2)n1. The fourth-order valence-electron chi connectivity index (χ4n) is 1.99. The fraction of sp³-hybridized carbons (Fsp3) is 0.118. The molecule has 1 aromatic carbocycles. The first kappa shape index (κ1) is 13.8. The van der Waals surface area contributed by atoms with E-state index >= 15 is 0 Å². The molecule has 4 heteroatoms. The summed E-state index contributed by atoms with van der Waals surface area (Å²) in [6.07, 6.45) is 1.78. The summed E-state index contributed by atoms with van der Waals surface area (Å²) >= 11 is 1.72. The van der Waals surface area contributed by atoms with Gasteiger partial charge in [0, 0.05) is 11.9 Å². The average Bonchev–Trinajstić information content (AvgIpc) is 2.54. The van der Waals surface area contributed by atoms with E-state index in [2.05, 4.69) is 39.2 Å². The fourth-order valence-corrected chi connectivity index (χ4v) is 2.89. The highest BCUT2D eigenvalue weighted by Crippen LogP contribution is 2.24. The smallest absolute Gasteiger partial charge is 0.127 e. The van der Waals surface area contributed by atoms with Crippen molar-refractivity contribution in [1.82, 2.24) is 15.0 Å². The van der Waals surface area contributed by atoms with Gasteiger partial charge in [0.15, 0.2) is 0 Å². The molecular formula is C17H15N3S. The maximum atomic E-state index is 4.50. The topological polar surface area (TPSA) is 38.7 Å². The first-order valence-electron chi connectivity index (χ1n) is 6.75. The molecule has 3 nitrogen and oxygen atoms in total. The van der Waals surface area contributed by atoms with Gasteiger partial charge in [-0.1, -0.05) is 36.4 Å². The Morgan fingerprint density at radius 1 is 0.905 bits per heavy atom. The number of hydrogen-bond donors (Lipinski definition) is 0. The van der Waals surface area contributed by atoms with E-state index < -0.39 is 0 Å². The first-order chi connectivity index (χ1) is 10.3. The van der Waals surface area contributed by atoms with Gasteiger partial charge in [0.1, 0.15) is 10.9 Å². The van der Waals surface area contributed by atoms with Crippen LogP contribution in [0.5, 0.6) is 0 Å². The number of hydrogen-bond acceptors (Lipinski definition) is 4. The van der Waals surface area contributed by atoms with Crippen LogP contribution < -0.4 is 0 Å². The number of rotatable bonds is 4. The molecule has 0 bridgehead atoms. The van der Waals surface area contributed by atoms with E-state index in [4.69, 9.17) is 0 Å². The highest BCUT2D eigenvalue weighted by atomic mass is 32.2. The second-order valence-corrected chi connectivity index (χ2v) is 5.62. The molecular weight excluding hydrogens is 278 g/mol. The molecule has 21 heavy (non-hydrogen) atoms. The van der Waals surface area contributed by atoms with Crippen LogP contribution in [0.1, 0.15) is 11.4 Å². The highest BCUT2D eigenvalue weighted by molar-refractivity contribution is 7.98. The summed E-state index contributed by atoms with van der Waals surface area (Å²) in [7, 11) is 0. The van der Waals surface area contributed by atoms with Crippen molar-refractivity contribution in [2.45, 2.75) is 17.7 Å².